The number of benzene rings is 2. The normalized spacial score (nSPS) is 17.3. The van der Waals surface area contributed by atoms with Crippen molar-refractivity contribution < 1.29 is 4.74 Å². The highest BCUT2D eigenvalue weighted by Gasteiger charge is 2.29. The highest BCUT2D eigenvalue weighted by Crippen LogP contribution is 2.32. The number of para-hydroxylation sites is 1. The lowest BCUT2D eigenvalue weighted by molar-refractivity contribution is 0.250. The van der Waals surface area contributed by atoms with E-state index in [4.69, 9.17) is 4.74 Å². The standard InChI is InChI=1S/C22H25N3O/c1-17-20-12-13-24(15-19-10-6-7-11-22(19)26-2)16-21(20)23-25(17)14-18-8-4-3-5-9-18/h3-11,23H,1,12-16H2,2H3. The Morgan fingerprint density at radius 1 is 1.04 bits per heavy atom. The van der Waals surface area contributed by atoms with Crippen LogP contribution in [0.2, 0.25) is 0 Å². The monoisotopic (exact) mass is 347 g/mol. The van der Waals surface area contributed by atoms with E-state index in [2.05, 4.69) is 64.4 Å². The molecular weight excluding hydrogens is 322 g/mol. The van der Waals surface area contributed by atoms with Gasteiger partial charge < -0.3 is 10.2 Å². The minimum absolute atomic E-state index is 0.833. The van der Waals surface area contributed by atoms with Gasteiger partial charge in [0.1, 0.15) is 5.75 Å². The van der Waals surface area contributed by atoms with Gasteiger partial charge in [-0.3, -0.25) is 9.91 Å². The van der Waals surface area contributed by atoms with Crippen LogP contribution in [0.5, 0.6) is 5.75 Å². The molecule has 0 unspecified atom stereocenters. The van der Waals surface area contributed by atoms with Crippen LogP contribution in [0.3, 0.4) is 0 Å². The first-order valence-electron chi connectivity index (χ1n) is 9.08. The largest absolute Gasteiger partial charge is 0.496 e. The van der Waals surface area contributed by atoms with Gasteiger partial charge in [0.2, 0.25) is 0 Å². The van der Waals surface area contributed by atoms with Gasteiger partial charge in [-0.15, -0.1) is 0 Å². The lowest BCUT2D eigenvalue weighted by Gasteiger charge is -2.28. The van der Waals surface area contributed by atoms with Crippen LogP contribution >= 0.6 is 0 Å². The quantitative estimate of drug-likeness (QED) is 0.893. The van der Waals surface area contributed by atoms with E-state index >= 15 is 0 Å². The van der Waals surface area contributed by atoms with Crippen molar-refractivity contribution in [2.24, 2.45) is 0 Å². The van der Waals surface area contributed by atoms with Gasteiger partial charge in [0.15, 0.2) is 0 Å². The van der Waals surface area contributed by atoms with E-state index in [1.807, 2.05) is 12.1 Å². The molecular formula is C22H25N3O. The van der Waals surface area contributed by atoms with Crippen LogP contribution in [0.25, 0.3) is 0 Å². The van der Waals surface area contributed by atoms with Crippen LogP contribution in [-0.2, 0) is 13.1 Å². The summed E-state index contributed by atoms with van der Waals surface area (Å²) in [6, 6.07) is 18.8. The second kappa shape index (κ2) is 7.26. The van der Waals surface area contributed by atoms with Crippen LogP contribution in [0.1, 0.15) is 17.5 Å². The zero-order valence-electron chi connectivity index (χ0n) is 15.2. The summed E-state index contributed by atoms with van der Waals surface area (Å²) in [5.74, 6) is 0.960. The Morgan fingerprint density at radius 3 is 2.62 bits per heavy atom. The molecule has 0 saturated carbocycles. The van der Waals surface area contributed by atoms with Crippen molar-refractivity contribution in [3.63, 3.8) is 0 Å². The molecule has 4 nitrogen and oxygen atoms in total. The molecule has 2 aliphatic rings. The van der Waals surface area contributed by atoms with Crippen molar-refractivity contribution >= 4 is 0 Å². The minimum atomic E-state index is 0.833. The van der Waals surface area contributed by atoms with E-state index in [9.17, 15) is 0 Å². The molecule has 26 heavy (non-hydrogen) atoms. The molecule has 4 heteroatoms. The van der Waals surface area contributed by atoms with Crippen molar-refractivity contribution in [1.29, 1.82) is 0 Å². The van der Waals surface area contributed by atoms with E-state index in [0.29, 0.717) is 0 Å². The van der Waals surface area contributed by atoms with Crippen molar-refractivity contribution in [3.8, 4) is 5.75 Å². The predicted molar refractivity (Wildman–Crippen MR) is 104 cm³/mol. The summed E-state index contributed by atoms with van der Waals surface area (Å²) in [4.78, 5) is 2.46. The molecule has 134 valence electrons. The maximum absolute atomic E-state index is 5.50. The number of ether oxygens (including phenoxy) is 1. The Hall–Kier alpha value is -2.72. The van der Waals surface area contributed by atoms with Crippen molar-refractivity contribution in [2.75, 3.05) is 20.2 Å². The number of hydrazine groups is 1. The van der Waals surface area contributed by atoms with Gasteiger partial charge in [-0.1, -0.05) is 55.1 Å². The van der Waals surface area contributed by atoms with Crippen LogP contribution in [0.4, 0.5) is 0 Å². The molecule has 0 fully saturated rings. The number of nitrogens with zero attached hydrogens (tertiary/aromatic N) is 2. The summed E-state index contributed by atoms with van der Waals surface area (Å²) in [6.07, 6.45) is 1.03. The lowest BCUT2D eigenvalue weighted by Crippen LogP contribution is -2.36. The highest BCUT2D eigenvalue weighted by atomic mass is 16.5. The summed E-state index contributed by atoms with van der Waals surface area (Å²) < 4.78 is 5.50. The molecule has 1 N–H and O–H groups in total. The number of allylic oxidation sites excluding steroid dienone is 1. The molecule has 0 spiro atoms. The summed E-state index contributed by atoms with van der Waals surface area (Å²) in [6.45, 7) is 8.00. The second-order valence-electron chi connectivity index (χ2n) is 6.86. The van der Waals surface area contributed by atoms with Gasteiger partial charge >= 0.3 is 0 Å². The maximum Gasteiger partial charge on any atom is 0.123 e. The molecule has 4 rings (SSSR count). The molecule has 0 saturated heterocycles. The summed E-state index contributed by atoms with van der Waals surface area (Å²) in [7, 11) is 1.74. The first-order valence-corrected chi connectivity index (χ1v) is 9.08. The van der Waals surface area contributed by atoms with Crippen LogP contribution in [0.15, 0.2) is 78.1 Å². The van der Waals surface area contributed by atoms with Gasteiger partial charge in [0.05, 0.1) is 25.0 Å². The molecule has 0 amide bonds. The van der Waals surface area contributed by atoms with E-state index in [1.165, 1.54) is 22.4 Å². The van der Waals surface area contributed by atoms with E-state index in [1.54, 1.807) is 7.11 Å². The summed E-state index contributed by atoms with van der Waals surface area (Å²) >= 11 is 0. The third-order valence-corrected chi connectivity index (χ3v) is 5.14. The Kier molecular flexibility index (Phi) is 4.67. The fraction of sp³-hybridized carbons (Fsp3) is 0.273. The molecule has 2 heterocycles. The predicted octanol–water partition coefficient (Wildman–Crippen LogP) is 3.69. The molecule has 2 aliphatic heterocycles. The Labute approximate surface area is 155 Å². The number of methoxy groups -OCH3 is 1. The van der Waals surface area contributed by atoms with Crippen molar-refractivity contribution in [2.45, 2.75) is 19.5 Å². The molecule has 2 aromatic rings. The number of nitrogens with one attached hydrogen (secondary N) is 1. The Morgan fingerprint density at radius 2 is 1.81 bits per heavy atom. The van der Waals surface area contributed by atoms with Crippen molar-refractivity contribution in [1.82, 2.24) is 15.3 Å². The zero-order chi connectivity index (χ0) is 17.9. The second-order valence-corrected chi connectivity index (χ2v) is 6.86. The number of rotatable bonds is 5. The fourth-order valence-electron chi connectivity index (χ4n) is 3.74. The Balaban J connectivity index is 1.43. The average Bonchev–Trinajstić information content (AvgIpc) is 2.98. The maximum atomic E-state index is 5.50. The topological polar surface area (TPSA) is 27.7 Å². The first-order chi connectivity index (χ1) is 12.7. The van der Waals surface area contributed by atoms with Gasteiger partial charge in [0.25, 0.3) is 0 Å². The minimum Gasteiger partial charge on any atom is -0.496 e. The van der Waals surface area contributed by atoms with Gasteiger partial charge in [0, 0.05) is 30.8 Å². The van der Waals surface area contributed by atoms with Crippen LogP contribution in [-0.4, -0.2) is 30.1 Å². The van der Waals surface area contributed by atoms with E-state index in [-0.39, 0.29) is 0 Å². The molecule has 0 radical (unpaired) electrons. The number of hydrogen-bond donors (Lipinski definition) is 1. The van der Waals surface area contributed by atoms with Gasteiger partial charge in [-0.25, -0.2) is 0 Å². The smallest absolute Gasteiger partial charge is 0.123 e. The molecule has 0 aliphatic carbocycles. The van der Waals surface area contributed by atoms with E-state index < -0.39 is 0 Å². The van der Waals surface area contributed by atoms with Gasteiger partial charge in [-0.05, 0) is 18.1 Å². The lowest BCUT2D eigenvalue weighted by atomic mass is 10.0. The van der Waals surface area contributed by atoms with Crippen LogP contribution < -0.4 is 10.2 Å². The first kappa shape index (κ1) is 16.7. The van der Waals surface area contributed by atoms with Crippen LogP contribution in [0, 0.1) is 0 Å². The summed E-state index contributed by atoms with van der Waals surface area (Å²) in [5.41, 5.74) is 9.86. The molecule has 0 aromatic heterocycles. The molecule has 0 atom stereocenters. The van der Waals surface area contributed by atoms with Crippen molar-refractivity contribution in [3.05, 3.63) is 89.3 Å². The average molecular weight is 347 g/mol. The Bertz CT molecular complexity index is 828. The SMILES string of the molecule is C=C1C2=C(CN(Cc3ccccc3OC)CC2)NN1Cc1ccccc1. The zero-order valence-corrected chi connectivity index (χ0v) is 15.2. The fourth-order valence-corrected chi connectivity index (χ4v) is 3.74. The third-order valence-electron chi connectivity index (χ3n) is 5.14. The highest BCUT2D eigenvalue weighted by molar-refractivity contribution is 5.40. The summed E-state index contributed by atoms with van der Waals surface area (Å²) in [5, 5.41) is 2.17. The van der Waals surface area contributed by atoms with E-state index in [0.717, 1.165) is 44.0 Å². The third kappa shape index (κ3) is 3.33. The van der Waals surface area contributed by atoms with Gasteiger partial charge in [-0.2, -0.15) is 0 Å². The molecule has 2 aromatic carbocycles. The number of hydrogen-bond acceptors (Lipinski definition) is 4. The molecule has 0 bridgehead atoms.